The molecule has 0 saturated carbocycles. The first-order chi connectivity index (χ1) is 30.7. The largest absolute Gasteiger partial charge is 0.309 e. The maximum atomic E-state index is 5.18. The Morgan fingerprint density at radius 2 is 0.742 bits per heavy atom. The summed E-state index contributed by atoms with van der Waals surface area (Å²) in [6, 6.07) is 79.3. The summed E-state index contributed by atoms with van der Waals surface area (Å²) in [6.45, 7) is 0. The van der Waals surface area contributed by atoms with Crippen LogP contribution < -0.4 is 0 Å². The highest BCUT2D eigenvalue weighted by Crippen LogP contribution is 2.41. The van der Waals surface area contributed by atoms with Gasteiger partial charge in [0.25, 0.3) is 0 Å². The molecule has 62 heavy (non-hydrogen) atoms. The van der Waals surface area contributed by atoms with Crippen LogP contribution in [0.15, 0.2) is 224 Å². The second-order valence-corrected chi connectivity index (χ2v) is 15.6. The van der Waals surface area contributed by atoms with Gasteiger partial charge in [-0.05, 0) is 65.2 Å². The first kappa shape index (κ1) is 35.5. The molecule has 290 valence electrons. The minimum atomic E-state index is 0.614. The molecule has 0 unspecified atom stereocenters. The van der Waals surface area contributed by atoms with E-state index in [0.717, 1.165) is 55.8 Å². The Morgan fingerprint density at radius 3 is 1.47 bits per heavy atom. The molecule has 0 radical (unpaired) electrons. The van der Waals surface area contributed by atoms with Gasteiger partial charge in [-0.25, -0.2) is 15.0 Å². The highest BCUT2D eigenvalue weighted by Gasteiger charge is 2.20. The number of hydrogen-bond acceptors (Lipinski definition) is 3. The van der Waals surface area contributed by atoms with Crippen molar-refractivity contribution in [3.63, 3.8) is 0 Å². The fraction of sp³-hybridized carbons (Fsp3) is 0. The summed E-state index contributed by atoms with van der Waals surface area (Å²) >= 11 is 0. The van der Waals surface area contributed by atoms with Crippen molar-refractivity contribution in [3.05, 3.63) is 224 Å². The molecule has 0 fully saturated rings. The molecule has 0 aliphatic heterocycles. The lowest BCUT2D eigenvalue weighted by atomic mass is 10.00. The third kappa shape index (κ3) is 5.98. The predicted molar refractivity (Wildman–Crippen MR) is 256 cm³/mol. The average Bonchev–Trinajstić information content (AvgIpc) is 3.87. The first-order valence-corrected chi connectivity index (χ1v) is 20.9. The molecule has 0 aliphatic rings. The highest BCUT2D eigenvalue weighted by atomic mass is 15.0. The van der Waals surface area contributed by atoms with Crippen LogP contribution in [-0.2, 0) is 0 Å². The quantitative estimate of drug-likeness (QED) is 0.162. The van der Waals surface area contributed by atoms with Gasteiger partial charge in [0.15, 0.2) is 17.5 Å². The van der Waals surface area contributed by atoms with Crippen molar-refractivity contribution in [3.8, 4) is 67.8 Å². The molecule has 3 heterocycles. The van der Waals surface area contributed by atoms with Crippen molar-refractivity contribution >= 4 is 43.6 Å². The Kier molecular flexibility index (Phi) is 8.42. The Hall–Kier alpha value is -8.41. The molecule has 12 aromatic rings. The molecular formula is C57H37N5. The number of fused-ring (bicyclic) bond motifs is 6. The van der Waals surface area contributed by atoms with Gasteiger partial charge in [0, 0.05) is 55.2 Å². The third-order valence-electron chi connectivity index (χ3n) is 12.0. The summed E-state index contributed by atoms with van der Waals surface area (Å²) in [5.74, 6) is 1.87. The van der Waals surface area contributed by atoms with Gasteiger partial charge in [-0.3, -0.25) is 0 Å². The van der Waals surface area contributed by atoms with E-state index in [4.69, 9.17) is 15.0 Å². The van der Waals surface area contributed by atoms with E-state index in [1.165, 1.54) is 38.1 Å². The molecule has 0 N–H and O–H groups in total. The predicted octanol–water partition coefficient (Wildman–Crippen LogP) is 14.4. The number of aromatic nitrogens is 5. The average molecular weight is 792 g/mol. The molecular weight excluding hydrogens is 755 g/mol. The highest BCUT2D eigenvalue weighted by molar-refractivity contribution is 6.15. The maximum Gasteiger partial charge on any atom is 0.164 e. The van der Waals surface area contributed by atoms with E-state index in [1.54, 1.807) is 0 Å². The minimum absolute atomic E-state index is 0.614. The summed E-state index contributed by atoms with van der Waals surface area (Å²) < 4.78 is 4.79. The lowest BCUT2D eigenvalue weighted by Gasteiger charge is -2.13. The van der Waals surface area contributed by atoms with E-state index in [0.29, 0.717) is 17.5 Å². The van der Waals surface area contributed by atoms with Crippen molar-refractivity contribution in [2.75, 3.05) is 0 Å². The van der Waals surface area contributed by atoms with Gasteiger partial charge in [-0.15, -0.1) is 0 Å². The topological polar surface area (TPSA) is 48.5 Å². The van der Waals surface area contributed by atoms with Gasteiger partial charge in [0.2, 0.25) is 0 Å². The molecule has 3 aromatic heterocycles. The SMILES string of the molecule is c1ccc(-c2cccc(-c3nc(-c4ccccc4)nc(-c4cccc(-n5c6ccccc6c6ccc(-c7cccc8c9ccccc9n(-c9ccccc9)c78)cc65)c4)n3)c2)cc1. The monoisotopic (exact) mass is 791 g/mol. The van der Waals surface area contributed by atoms with Gasteiger partial charge in [-0.1, -0.05) is 176 Å². The van der Waals surface area contributed by atoms with E-state index < -0.39 is 0 Å². The van der Waals surface area contributed by atoms with Gasteiger partial charge in [-0.2, -0.15) is 0 Å². The van der Waals surface area contributed by atoms with Crippen LogP contribution in [0, 0.1) is 0 Å². The summed E-state index contributed by atoms with van der Waals surface area (Å²) in [5, 5.41) is 4.86. The van der Waals surface area contributed by atoms with Crippen molar-refractivity contribution < 1.29 is 0 Å². The summed E-state index contributed by atoms with van der Waals surface area (Å²) in [5.41, 5.74) is 14.1. The molecule has 5 heteroatoms. The molecule has 5 nitrogen and oxygen atoms in total. The van der Waals surface area contributed by atoms with Crippen LogP contribution in [0.3, 0.4) is 0 Å². The van der Waals surface area contributed by atoms with Crippen LogP contribution in [0.5, 0.6) is 0 Å². The van der Waals surface area contributed by atoms with Gasteiger partial charge >= 0.3 is 0 Å². The zero-order chi connectivity index (χ0) is 41.0. The van der Waals surface area contributed by atoms with Crippen molar-refractivity contribution in [1.82, 2.24) is 24.1 Å². The Labute approximate surface area is 358 Å². The summed E-state index contributed by atoms with van der Waals surface area (Å²) in [6.07, 6.45) is 0. The van der Waals surface area contributed by atoms with Gasteiger partial charge in [0.1, 0.15) is 0 Å². The molecule has 0 saturated heterocycles. The maximum absolute atomic E-state index is 5.18. The summed E-state index contributed by atoms with van der Waals surface area (Å²) in [4.78, 5) is 15.4. The lowest BCUT2D eigenvalue weighted by Crippen LogP contribution is -2.01. The van der Waals surface area contributed by atoms with E-state index in [9.17, 15) is 0 Å². The Balaban J connectivity index is 1.04. The third-order valence-corrected chi connectivity index (χ3v) is 12.0. The second kappa shape index (κ2) is 14.7. The Morgan fingerprint density at radius 1 is 0.258 bits per heavy atom. The first-order valence-electron chi connectivity index (χ1n) is 20.9. The molecule has 9 aromatic carbocycles. The Bertz CT molecular complexity index is 3620. The normalized spacial score (nSPS) is 11.5. The second-order valence-electron chi connectivity index (χ2n) is 15.6. The summed E-state index contributed by atoms with van der Waals surface area (Å²) in [7, 11) is 0. The fourth-order valence-corrected chi connectivity index (χ4v) is 9.12. The van der Waals surface area contributed by atoms with Crippen LogP contribution >= 0.6 is 0 Å². The van der Waals surface area contributed by atoms with Crippen LogP contribution in [0.25, 0.3) is 111 Å². The molecule has 0 bridgehead atoms. The van der Waals surface area contributed by atoms with Crippen molar-refractivity contribution in [1.29, 1.82) is 0 Å². The lowest BCUT2D eigenvalue weighted by molar-refractivity contribution is 1.07. The minimum Gasteiger partial charge on any atom is -0.309 e. The van der Waals surface area contributed by atoms with E-state index in [2.05, 4.69) is 209 Å². The van der Waals surface area contributed by atoms with E-state index in [1.807, 2.05) is 24.3 Å². The number of nitrogens with zero attached hydrogens (tertiary/aromatic N) is 5. The smallest absolute Gasteiger partial charge is 0.164 e. The molecule has 0 aliphatic carbocycles. The number of hydrogen-bond donors (Lipinski definition) is 0. The van der Waals surface area contributed by atoms with E-state index in [-0.39, 0.29) is 0 Å². The van der Waals surface area contributed by atoms with Crippen LogP contribution in [0.2, 0.25) is 0 Å². The van der Waals surface area contributed by atoms with Gasteiger partial charge < -0.3 is 9.13 Å². The molecule has 0 atom stereocenters. The standard InChI is InChI=1S/C57H37N5/c1-4-17-38(18-5-1)40-21-14-22-42(35-40)56-58-55(39-19-6-2-7-20-39)59-57(60-56)43-23-15-26-45(36-43)61-51-31-12-10-27-47(51)49-34-33-41(37-53(49)61)46-29-16-30-50-48-28-11-13-32-52(48)62(54(46)50)44-24-8-3-9-25-44/h1-37H. The van der Waals surface area contributed by atoms with Crippen LogP contribution in [0.1, 0.15) is 0 Å². The van der Waals surface area contributed by atoms with Crippen LogP contribution in [0.4, 0.5) is 0 Å². The van der Waals surface area contributed by atoms with E-state index >= 15 is 0 Å². The number of rotatable bonds is 7. The van der Waals surface area contributed by atoms with Gasteiger partial charge in [0.05, 0.1) is 22.1 Å². The fourth-order valence-electron chi connectivity index (χ4n) is 9.12. The number of benzene rings is 9. The molecule has 0 amide bonds. The molecule has 12 rings (SSSR count). The number of para-hydroxylation sites is 4. The van der Waals surface area contributed by atoms with Crippen molar-refractivity contribution in [2.45, 2.75) is 0 Å². The zero-order valence-corrected chi connectivity index (χ0v) is 33.6. The molecule has 0 spiro atoms. The van der Waals surface area contributed by atoms with Crippen molar-refractivity contribution in [2.24, 2.45) is 0 Å². The zero-order valence-electron chi connectivity index (χ0n) is 33.6. The van der Waals surface area contributed by atoms with Crippen LogP contribution in [-0.4, -0.2) is 24.1 Å².